The Hall–Kier alpha value is -2.11. The number of carbonyl (C=O) groups excluding carboxylic acids is 1. The van der Waals surface area contributed by atoms with Gasteiger partial charge in [-0.3, -0.25) is 9.36 Å². The Morgan fingerprint density at radius 1 is 1.27 bits per heavy atom. The van der Waals surface area contributed by atoms with Crippen LogP contribution in [0, 0.1) is 0 Å². The molecule has 6 heteroatoms. The van der Waals surface area contributed by atoms with Crippen LogP contribution < -0.4 is 5.32 Å². The Morgan fingerprint density at radius 3 is 2.82 bits per heavy atom. The second-order valence-electron chi connectivity index (χ2n) is 5.19. The number of aromatic nitrogens is 2. The minimum atomic E-state index is 0.0133. The highest BCUT2D eigenvalue weighted by molar-refractivity contribution is 7.08. The molecule has 1 atom stereocenters. The molecule has 0 saturated heterocycles. The van der Waals surface area contributed by atoms with Crippen molar-refractivity contribution in [2.24, 2.45) is 0 Å². The molecule has 0 bridgehead atoms. The smallest absolute Gasteiger partial charge is 0.226 e. The number of imidazole rings is 1. The van der Waals surface area contributed by atoms with Crippen molar-refractivity contribution in [3.63, 3.8) is 0 Å². The van der Waals surface area contributed by atoms with Gasteiger partial charge in [0.25, 0.3) is 0 Å². The summed E-state index contributed by atoms with van der Waals surface area (Å²) in [7, 11) is 0. The fraction of sp³-hybridized carbons (Fsp3) is 0.125. The molecule has 0 spiro atoms. The zero-order chi connectivity index (χ0) is 15.1. The maximum absolute atomic E-state index is 12.1. The van der Waals surface area contributed by atoms with E-state index in [2.05, 4.69) is 21.7 Å². The van der Waals surface area contributed by atoms with Crippen LogP contribution in [-0.4, -0.2) is 15.5 Å². The fourth-order valence-corrected chi connectivity index (χ4v) is 3.59. The van der Waals surface area contributed by atoms with Crippen LogP contribution in [0.15, 0.2) is 47.4 Å². The zero-order valence-electron chi connectivity index (χ0n) is 11.5. The van der Waals surface area contributed by atoms with Gasteiger partial charge < -0.3 is 5.32 Å². The number of thiophene rings is 1. The summed E-state index contributed by atoms with van der Waals surface area (Å²) in [6.07, 6.45) is 2.18. The molecule has 0 radical (unpaired) electrons. The van der Waals surface area contributed by atoms with Gasteiger partial charge in [-0.15, -0.1) is 0 Å². The van der Waals surface area contributed by atoms with Crippen molar-refractivity contribution in [1.82, 2.24) is 9.55 Å². The topological polar surface area (TPSA) is 46.9 Å². The summed E-state index contributed by atoms with van der Waals surface area (Å²) in [4.78, 5) is 16.6. The van der Waals surface area contributed by atoms with Crippen molar-refractivity contribution >= 4 is 34.7 Å². The monoisotopic (exact) mass is 329 g/mol. The van der Waals surface area contributed by atoms with Crippen LogP contribution in [0.1, 0.15) is 23.6 Å². The van der Waals surface area contributed by atoms with Gasteiger partial charge in [0.1, 0.15) is 12.1 Å². The summed E-state index contributed by atoms with van der Waals surface area (Å²) in [5.41, 5.74) is 2.97. The molecule has 2 aromatic heterocycles. The van der Waals surface area contributed by atoms with Gasteiger partial charge in [-0.05, 0) is 46.7 Å². The van der Waals surface area contributed by atoms with E-state index in [0.29, 0.717) is 11.4 Å². The minimum absolute atomic E-state index is 0.0133. The molecule has 4 rings (SSSR count). The number of nitrogens with one attached hydrogen (secondary N) is 1. The average molecular weight is 330 g/mol. The standard InChI is InChI=1S/C16H12ClN3OS/c17-11-1-3-12(4-2-11)20-9-18-15-13(10-5-6-22-8-10)7-14(21)19-16(15)20/h1-6,8-9,13H,7H2,(H,19,21)/t13-/m0/s1. The predicted molar refractivity (Wildman–Crippen MR) is 88.0 cm³/mol. The van der Waals surface area contributed by atoms with Crippen LogP contribution >= 0.6 is 22.9 Å². The third kappa shape index (κ3) is 2.23. The van der Waals surface area contributed by atoms with Crippen molar-refractivity contribution < 1.29 is 4.79 Å². The van der Waals surface area contributed by atoms with Crippen LogP contribution in [-0.2, 0) is 4.79 Å². The molecule has 1 aromatic carbocycles. The van der Waals surface area contributed by atoms with E-state index >= 15 is 0 Å². The highest BCUT2D eigenvalue weighted by atomic mass is 35.5. The summed E-state index contributed by atoms with van der Waals surface area (Å²) in [5, 5.41) is 7.73. The number of fused-ring (bicyclic) bond motifs is 1. The Labute approximate surface area is 136 Å². The number of carbonyl (C=O) groups is 1. The molecule has 110 valence electrons. The van der Waals surface area contributed by atoms with Crippen molar-refractivity contribution in [2.45, 2.75) is 12.3 Å². The van der Waals surface area contributed by atoms with E-state index in [1.807, 2.05) is 34.2 Å². The SMILES string of the molecule is O=C1C[C@@H](c2ccsc2)c2ncn(-c3ccc(Cl)cc3)c2N1. The zero-order valence-corrected chi connectivity index (χ0v) is 13.1. The first-order valence-electron chi connectivity index (χ1n) is 6.87. The normalized spacial score (nSPS) is 17.1. The molecule has 4 nitrogen and oxygen atoms in total. The van der Waals surface area contributed by atoms with Crippen molar-refractivity contribution in [1.29, 1.82) is 0 Å². The molecule has 1 aliphatic rings. The lowest BCUT2D eigenvalue weighted by Crippen LogP contribution is -2.24. The van der Waals surface area contributed by atoms with Crippen LogP contribution in [0.2, 0.25) is 5.02 Å². The number of halogens is 1. The summed E-state index contributed by atoms with van der Waals surface area (Å²) in [6.45, 7) is 0. The molecule has 0 fully saturated rings. The van der Waals surface area contributed by atoms with Gasteiger partial charge in [0, 0.05) is 23.0 Å². The van der Waals surface area contributed by atoms with E-state index < -0.39 is 0 Å². The van der Waals surface area contributed by atoms with Gasteiger partial charge in [-0.25, -0.2) is 4.98 Å². The van der Waals surface area contributed by atoms with E-state index in [4.69, 9.17) is 11.6 Å². The number of amides is 1. The molecule has 1 aliphatic heterocycles. The molecule has 3 aromatic rings. The van der Waals surface area contributed by atoms with E-state index in [-0.39, 0.29) is 11.8 Å². The predicted octanol–water partition coefficient (Wildman–Crippen LogP) is 4.06. The Morgan fingerprint density at radius 2 is 2.09 bits per heavy atom. The molecular formula is C16H12ClN3OS. The van der Waals surface area contributed by atoms with E-state index in [1.165, 1.54) is 0 Å². The van der Waals surface area contributed by atoms with Crippen LogP contribution in [0.25, 0.3) is 5.69 Å². The molecule has 0 saturated carbocycles. The second-order valence-corrected chi connectivity index (χ2v) is 6.40. The number of benzene rings is 1. The molecular weight excluding hydrogens is 318 g/mol. The lowest BCUT2D eigenvalue weighted by atomic mass is 9.92. The molecule has 0 unspecified atom stereocenters. The van der Waals surface area contributed by atoms with Crippen molar-refractivity contribution in [3.05, 3.63) is 63.7 Å². The lowest BCUT2D eigenvalue weighted by Gasteiger charge is -2.22. The van der Waals surface area contributed by atoms with Gasteiger partial charge in [-0.1, -0.05) is 11.6 Å². The van der Waals surface area contributed by atoms with E-state index in [1.54, 1.807) is 17.7 Å². The quantitative estimate of drug-likeness (QED) is 0.770. The van der Waals surface area contributed by atoms with Gasteiger partial charge >= 0.3 is 0 Å². The maximum Gasteiger partial charge on any atom is 0.226 e. The average Bonchev–Trinajstić information content (AvgIpc) is 3.16. The number of rotatable bonds is 2. The number of nitrogens with zero attached hydrogens (tertiary/aromatic N) is 2. The van der Waals surface area contributed by atoms with Gasteiger partial charge in [0.05, 0.1) is 5.69 Å². The van der Waals surface area contributed by atoms with Crippen LogP contribution in [0.5, 0.6) is 0 Å². The minimum Gasteiger partial charge on any atom is -0.310 e. The van der Waals surface area contributed by atoms with Crippen molar-refractivity contribution in [3.8, 4) is 5.69 Å². The van der Waals surface area contributed by atoms with Gasteiger partial charge in [0.2, 0.25) is 5.91 Å². The fourth-order valence-electron chi connectivity index (χ4n) is 2.75. The summed E-state index contributed by atoms with van der Waals surface area (Å²) < 4.78 is 1.89. The van der Waals surface area contributed by atoms with Gasteiger partial charge in [0.15, 0.2) is 0 Å². The van der Waals surface area contributed by atoms with E-state index in [9.17, 15) is 4.79 Å². The molecule has 3 heterocycles. The molecule has 1 amide bonds. The number of hydrogen-bond donors (Lipinski definition) is 1. The Kier molecular flexibility index (Phi) is 3.24. The largest absolute Gasteiger partial charge is 0.310 e. The Balaban J connectivity index is 1.82. The number of anilines is 1. The highest BCUT2D eigenvalue weighted by Crippen LogP contribution is 2.37. The maximum atomic E-state index is 12.1. The third-order valence-electron chi connectivity index (χ3n) is 3.82. The summed E-state index contributed by atoms with van der Waals surface area (Å²) in [5.74, 6) is 0.776. The lowest BCUT2D eigenvalue weighted by molar-refractivity contribution is -0.116. The molecule has 1 N–H and O–H groups in total. The molecule has 0 aliphatic carbocycles. The van der Waals surface area contributed by atoms with Crippen molar-refractivity contribution in [2.75, 3.05) is 5.32 Å². The van der Waals surface area contributed by atoms with E-state index in [0.717, 1.165) is 22.8 Å². The third-order valence-corrected chi connectivity index (χ3v) is 4.78. The highest BCUT2D eigenvalue weighted by Gasteiger charge is 2.31. The van der Waals surface area contributed by atoms with Crippen LogP contribution in [0.3, 0.4) is 0 Å². The first-order chi connectivity index (χ1) is 10.7. The second kappa shape index (κ2) is 5.26. The molecule has 22 heavy (non-hydrogen) atoms. The summed E-state index contributed by atoms with van der Waals surface area (Å²) in [6, 6.07) is 9.52. The first kappa shape index (κ1) is 13.5. The summed E-state index contributed by atoms with van der Waals surface area (Å²) >= 11 is 7.57. The Bertz CT molecular complexity index is 824. The van der Waals surface area contributed by atoms with Gasteiger partial charge in [-0.2, -0.15) is 11.3 Å². The number of hydrogen-bond acceptors (Lipinski definition) is 3. The first-order valence-corrected chi connectivity index (χ1v) is 8.19. The van der Waals surface area contributed by atoms with Crippen LogP contribution in [0.4, 0.5) is 5.82 Å².